The summed E-state index contributed by atoms with van der Waals surface area (Å²) in [5, 5.41) is 9.61. The minimum absolute atomic E-state index is 0.116. The molecule has 0 radical (unpaired) electrons. The van der Waals surface area contributed by atoms with Crippen LogP contribution >= 0.6 is 31.9 Å². The van der Waals surface area contributed by atoms with E-state index in [9.17, 15) is 5.26 Å². The van der Waals surface area contributed by atoms with Crippen molar-refractivity contribution in [1.82, 2.24) is 0 Å². The zero-order valence-corrected chi connectivity index (χ0v) is 18.8. The molecule has 1 unspecified atom stereocenters. The summed E-state index contributed by atoms with van der Waals surface area (Å²) in [6.45, 7) is 0. The second kappa shape index (κ2) is 8.29. The summed E-state index contributed by atoms with van der Waals surface area (Å²) < 4.78 is 12.7. The van der Waals surface area contributed by atoms with Crippen molar-refractivity contribution in [2.75, 3.05) is 26.1 Å². The van der Waals surface area contributed by atoms with Gasteiger partial charge in [0.05, 0.1) is 16.1 Å². The van der Waals surface area contributed by atoms with E-state index in [1.54, 1.807) is 7.11 Å². The van der Waals surface area contributed by atoms with Crippen LogP contribution in [0.3, 0.4) is 0 Å². The standard InChI is InChI=1S/C21H19Br2N3O2/c1-26(2)14-6-4-12(5-7-14)15-10-19(28-21(25)16(15)11-24)13-8-17(22)20(27-3)18(23)9-13/h4-10,15H,25H2,1-3H3. The number of allylic oxidation sites excluding steroid dienone is 2. The Kier molecular flexibility index (Phi) is 6.01. The van der Waals surface area contributed by atoms with Gasteiger partial charge in [-0.05, 0) is 67.8 Å². The third-order valence-electron chi connectivity index (χ3n) is 4.49. The van der Waals surface area contributed by atoms with Gasteiger partial charge >= 0.3 is 0 Å². The van der Waals surface area contributed by atoms with E-state index in [-0.39, 0.29) is 11.8 Å². The molecule has 3 rings (SSSR count). The Balaban J connectivity index is 2.06. The summed E-state index contributed by atoms with van der Waals surface area (Å²) in [5.41, 5.74) is 9.36. The highest BCUT2D eigenvalue weighted by Gasteiger charge is 2.26. The Bertz CT molecular complexity index is 982. The van der Waals surface area contributed by atoms with Gasteiger partial charge in [0.15, 0.2) is 0 Å². The van der Waals surface area contributed by atoms with Crippen molar-refractivity contribution in [3.8, 4) is 11.8 Å². The van der Waals surface area contributed by atoms with Crippen LogP contribution in [0.25, 0.3) is 5.76 Å². The molecule has 5 nitrogen and oxygen atoms in total. The zero-order chi connectivity index (χ0) is 20.4. The van der Waals surface area contributed by atoms with Crippen molar-refractivity contribution in [2.24, 2.45) is 5.73 Å². The van der Waals surface area contributed by atoms with E-state index in [1.165, 1.54) is 0 Å². The molecule has 2 aromatic rings. The van der Waals surface area contributed by atoms with Gasteiger partial charge in [-0.1, -0.05) is 12.1 Å². The number of rotatable bonds is 4. The molecule has 28 heavy (non-hydrogen) atoms. The van der Waals surface area contributed by atoms with E-state index in [4.69, 9.17) is 15.2 Å². The lowest BCUT2D eigenvalue weighted by Crippen LogP contribution is -2.16. The molecule has 0 saturated heterocycles. The van der Waals surface area contributed by atoms with Gasteiger partial charge in [-0.3, -0.25) is 0 Å². The third kappa shape index (κ3) is 3.89. The van der Waals surface area contributed by atoms with Crippen molar-refractivity contribution < 1.29 is 9.47 Å². The van der Waals surface area contributed by atoms with Crippen molar-refractivity contribution in [3.63, 3.8) is 0 Å². The Morgan fingerprint density at radius 1 is 1.14 bits per heavy atom. The molecule has 0 amide bonds. The Hall–Kier alpha value is -2.43. The second-order valence-electron chi connectivity index (χ2n) is 6.46. The van der Waals surface area contributed by atoms with Crippen LogP contribution in [0.4, 0.5) is 5.69 Å². The fourth-order valence-corrected chi connectivity index (χ4v) is 4.53. The highest BCUT2D eigenvalue weighted by atomic mass is 79.9. The molecule has 1 aliphatic heterocycles. The van der Waals surface area contributed by atoms with Gasteiger partial charge in [0.1, 0.15) is 23.2 Å². The number of nitrogens with two attached hydrogens (primary N) is 1. The normalized spacial score (nSPS) is 16.1. The Morgan fingerprint density at radius 3 is 2.25 bits per heavy atom. The summed E-state index contributed by atoms with van der Waals surface area (Å²) in [6, 6.07) is 14.0. The van der Waals surface area contributed by atoms with Gasteiger partial charge in [-0.2, -0.15) is 5.26 Å². The molecule has 1 atom stereocenters. The Labute approximate surface area is 181 Å². The minimum Gasteiger partial charge on any atom is -0.494 e. The third-order valence-corrected chi connectivity index (χ3v) is 5.67. The first-order valence-corrected chi connectivity index (χ1v) is 10.0. The first kappa shape index (κ1) is 20.3. The lowest BCUT2D eigenvalue weighted by atomic mass is 9.89. The average Bonchev–Trinajstić information content (AvgIpc) is 2.67. The predicted octanol–water partition coefficient (Wildman–Crippen LogP) is 5.13. The largest absolute Gasteiger partial charge is 0.494 e. The van der Waals surface area contributed by atoms with Crippen LogP contribution in [0.5, 0.6) is 5.75 Å². The first-order chi connectivity index (χ1) is 13.3. The van der Waals surface area contributed by atoms with Crippen LogP contribution in [-0.2, 0) is 4.74 Å². The molecular formula is C21H19Br2N3O2. The second-order valence-corrected chi connectivity index (χ2v) is 8.17. The zero-order valence-electron chi connectivity index (χ0n) is 15.7. The molecule has 1 aliphatic rings. The Morgan fingerprint density at radius 2 is 1.75 bits per heavy atom. The van der Waals surface area contributed by atoms with E-state index in [0.29, 0.717) is 17.1 Å². The van der Waals surface area contributed by atoms with Gasteiger partial charge in [0.25, 0.3) is 0 Å². The van der Waals surface area contributed by atoms with Crippen molar-refractivity contribution >= 4 is 43.3 Å². The van der Waals surface area contributed by atoms with Crippen LogP contribution in [0.15, 0.2) is 62.9 Å². The number of hydrogen-bond acceptors (Lipinski definition) is 5. The lowest BCUT2D eigenvalue weighted by molar-refractivity contribution is 0.360. The number of benzene rings is 2. The smallest absolute Gasteiger partial charge is 0.205 e. The van der Waals surface area contributed by atoms with Crippen LogP contribution < -0.4 is 15.4 Å². The van der Waals surface area contributed by atoms with Gasteiger partial charge in [-0.15, -0.1) is 0 Å². The molecule has 2 N–H and O–H groups in total. The molecule has 0 bridgehead atoms. The number of hydrogen-bond donors (Lipinski definition) is 1. The van der Waals surface area contributed by atoms with Crippen LogP contribution in [0, 0.1) is 11.3 Å². The van der Waals surface area contributed by atoms with Crippen molar-refractivity contribution in [2.45, 2.75) is 5.92 Å². The summed E-state index contributed by atoms with van der Waals surface area (Å²) in [4.78, 5) is 2.02. The van der Waals surface area contributed by atoms with E-state index < -0.39 is 0 Å². The van der Waals surface area contributed by atoms with Crippen LogP contribution in [-0.4, -0.2) is 21.2 Å². The fraction of sp³-hybridized carbons (Fsp3) is 0.190. The van der Waals surface area contributed by atoms with Gasteiger partial charge in [-0.25, -0.2) is 0 Å². The number of nitriles is 1. The average molecular weight is 505 g/mol. The number of anilines is 1. The molecular weight excluding hydrogens is 486 g/mol. The molecule has 2 aromatic carbocycles. The topological polar surface area (TPSA) is 71.5 Å². The number of methoxy groups -OCH3 is 1. The maximum atomic E-state index is 9.61. The van der Waals surface area contributed by atoms with E-state index >= 15 is 0 Å². The van der Waals surface area contributed by atoms with E-state index in [0.717, 1.165) is 25.8 Å². The number of nitrogens with zero attached hydrogens (tertiary/aromatic N) is 2. The highest BCUT2D eigenvalue weighted by molar-refractivity contribution is 9.11. The first-order valence-electron chi connectivity index (χ1n) is 8.45. The van der Waals surface area contributed by atoms with Gasteiger partial charge in [0.2, 0.25) is 5.88 Å². The molecule has 1 heterocycles. The number of halogens is 2. The van der Waals surface area contributed by atoms with Crippen molar-refractivity contribution in [3.05, 3.63) is 74.0 Å². The lowest BCUT2D eigenvalue weighted by Gasteiger charge is -2.24. The van der Waals surface area contributed by atoms with Crippen LogP contribution in [0.1, 0.15) is 17.0 Å². The van der Waals surface area contributed by atoms with E-state index in [1.807, 2.05) is 61.5 Å². The van der Waals surface area contributed by atoms with E-state index in [2.05, 4.69) is 37.9 Å². The molecule has 7 heteroatoms. The quantitative estimate of drug-likeness (QED) is 0.624. The minimum atomic E-state index is -0.287. The molecule has 144 valence electrons. The summed E-state index contributed by atoms with van der Waals surface area (Å²) >= 11 is 7.02. The maximum absolute atomic E-state index is 9.61. The van der Waals surface area contributed by atoms with Crippen molar-refractivity contribution in [1.29, 1.82) is 5.26 Å². The van der Waals surface area contributed by atoms with Gasteiger partial charge in [0, 0.05) is 31.3 Å². The number of ether oxygens (including phenoxy) is 2. The summed E-state index contributed by atoms with van der Waals surface area (Å²) in [5.74, 6) is 1.11. The summed E-state index contributed by atoms with van der Waals surface area (Å²) in [7, 11) is 5.58. The molecule has 0 spiro atoms. The SMILES string of the molecule is COc1c(Br)cc(C2=CC(c3ccc(N(C)C)cc3)C(C#N)=C(N)O2)cc1Br. The predicted molar refractivity (Wildman–Crippen MR) is 118 cm³/mol. The highest BCUT2D eigenvalue weighted by Crippen LogP contribution is 2.40. The van der Waals surface area contributed by atoms with Crippen LogP contribution in [0.2, 0.25) is 0 Å². The summed E-state index contributed by atoms with van der Waals surface area (Å²) in [6.07, 6.45) is 1.92. The molecule has 0 aliphatic carbocycles. The molecule has 0 fully saturated rings. The monoisotopic (exact) mass is 503 g/mol. The molecule has 0 aromatic heterocycles. The fourth-order valence-electron chi connectivity index (χ4n) is 3.02. The van der Waals surface area contributed by atoms with Gasteiger partial charge < -0.3 is 20.1 Å². The molecule has 0 saturated carbocycles. The maximum Gasteiger partial charge on any atom is 0.205 e.